The Hall–Kier alpha value is -3.27. The Kier molecular flexibility index (Phi) is 4.79. The van der Waals surface area contributed by atoms with Crippen LogP contribution in [0.1, 0.15) is 28.9 Å². The third-order valence-corrected chi connectivity index (χ3v) is 4.67. The zero-order valence-electron chi connectivity index (χ0n) is 15.1. The molecule has 0 spiro atoms. The Labute approximate surface area is 158 Å². The maximum Gasteiger partial charge on any atom is 0.251 e. The first kappa shape index (κ1) is 17.2. The van der Waals surface area contributed by atoms with Crippen LogP contribution in [0.3, 0.4) is 0 Å². The van der Waals surface area contributed by atoms with Crippen molar-refractivity contribution in [2.24, 2.45) is 0 Å². The van der Waals surface area contributed by atoms with Crippen LogP contribution in [0.2, 0.25) is 0 Å². The number of fused-ring (bicyclic) bond motifs is 1. The molecule has 0 saturated heterocycles. The number of hydrogen-bond acceptors (Lipinski definition) is 3. The van der Waals surface area contributed by atoms with Gasteiger partial charge in [-0.15, -0.1) is 0 Å². The second-order valence-corrected chi connectivity index (χ2v) is 6.54. The molecule has 0 aliphatic carbocycles. The molecule has 3 aromatic rings. The van der Waals surface area contributed by atoms with Crippen LogP contribution in [0, 0.1) is 0 Å². The minimum absolute atomic E-state index is 0.1000. The van der Waals surface area contributed by atoms with Gasteiger partial charge in [-0.3, -0.25) is 4.79 Å². The smallest absolute Gasteiger partial charge is 0.251 e. The molecule has 1 heterocycles. The van der Waals surface area contributed by atoms with Crippen LogP contribution >= 0.6 is 0 Å². The predicted molar refractivity (Wildman–Crippen MR) is 105 cm³/mol. The van der Waals surface area contributed by atoms with Gasteiger partial charge in [0.15, 0.2) is 11.5 Å². The van der Waals surface area contributed by atoms with Crippen molar-refractivity contribution in [2.75, 3.05) is 13.2 Å². The summed E-state index contributed by atoms with van der Waals surface area (Å²) in [5.74, 6) is 1.38. The highest BCUT2D eigenvalue weighted by Crippen LogP contribution is 2.32. The van der Waals surface area contributed by atoms with Crippen LogP contribution in [0.5, 0.6) is 11.5 Å². The molecule has 1 N–H and O–H groups in total. The molecule has 4 rings (SSSR count). The summed E-state index contributed by atoms with van der Waals surface area (Å²) in [5.41, 5.74) is 3.84. The van der Waals surface area contributed by atoms with Crippen LogP contribution in [0.4, 0.5) is 0 Å². The molecule has 3 aromatic carbocycles. The molecule has 0 saturated carbocycles. The second kappa shape index (κ2) is 7.54. The normalized spacial score (nSPS) is 13.7. The highest BCUT2D eigenvalue weighted by Gasteiger charge is 2.16. The van der Waals surface area contributed by atoms with E-state index in [0.29, 0.717) is 18.8 Å². The van der Waals surface area contributed by atoms with Crippen LogP contribution in [0.25, 0.3) is 11.1 Å². The predicted octanol–water partition coefficient (Wildman–Crippen LogP) is 4.62. The van der Waals surface area contributed by atoms with Gasteiger partial charge >= 0.3 is 0 Å². The maximum absolute atomic E-state index is 12.6. The Morgan fingerprint density at radius 1 is 0.852 bits per heavy atom. The van der Waals surface area contributed by atoms with E-state index < -0.39 is 0 Å². The standard InChI is InChI=1S/C23H21NO3/c1-16(20-11-12-21-22(15-20)27-14-13-26-21)24-23(25)19-9-7-18(8-10-19)17-5-3-2-4-6-17/h2-12,15-16H,13-14H2,1H3,(H,24,25). The Morgan fingerprint density at radius 3 is 2.26 bits per heavy atom. The number of nitrogens with one attached hydrogen (secondary N) is 1. The van der Waals surface area contributed by atoms with E-state index in [1.54, 1.807) is 0 Å². The lowest BCUT2D eigenvalue weighted by molar-refractivity contribution is 0.0939. The minimum atomic E-state index is -0.137. The van der Waals surface area contributed by atoms with E-state index in [1.165, 1.54) is 0 Å². The summed E-state index contributed by atoms with van der Waals surface area (Å²) in [6, 6.07) is 23.4. The SMILES string of the molecule is CC(NC(=O)c1ccc(-c2ccccc2)cc1)c1ccc2c(c1)OCCO2. The number of carbonyl (C=O) groups excluding carboxylic acids is 1. The zero-order valence-corrected chi connectivity index (χ0v) is 15.1. The van der Waals surface area contributed by atoms with E-state index >= 15 is 0 Å². The lowest BCUT2D eigenvalue weighted by Crippen LogP contribution is -2.26. The van der Waals surface area contributed by atoms with Crippen molar-refractivity contribution < 1.29 is 14.3 Å². The maximum atomic E-state index is 12.6. The summed E-state index contributed by atoms with van der Waals surface area (Å²) in [6.07, 6.45) is 0. The molecule has 1 unspecified atom stereocenters. The van der Waals surface area contributed by atoms with E-state index in [-0.39, 0.29) is 11.9 Å². The molecular formula is C23H21NO3. The lowest BCUT2D eigenvalue weighted by atomic mass is 10.0. The summed E-state index contributed by atoms with van der Waals surface area (Å²) >= 11 is 0. The van der Waals surface area contributed by atoms with Crippen LogP contribution in [-0.2, 0) is 0 Å². The molecule has 4 heteroatoms. The van der Waals surface area contributed by atoms with Gasteiger partial charge in [0.2, 0.25) is 0 Å². The topological polar surface area (TPSA) is 47.6 Å². The molecule has 0 fully saturated rings. The van der Waals surface area contributed by atoms with E-state index in [1.807, 2.05) is 67.6 Å². The van der Waals surface area contributed by atoms with Crippen molar-refractivity contribution in [2.45, 2.75) is 13.0 Å². The summed E-state index contributed by atoms with van der Waals surface area (Å²) in [4.78, 5) is 12.6. The molecular weight excluding hydrogens is 338 g/mol. The number of benzene rings is 3. The Balaban J connectivity index is 1.45. The summed E-state index contributed by atoms with van der Waals surface area (Å²) in [5, 5.41) is 3.04. The van der Waals surface area contributed by atoms with Crippen LogP contribution in [-0.4, -0.2) is 19.1 Å². The Bertz CT molecular complexity index is 936. The van der Waals surface area contributed by atoms with E-state index in [0.717, 1.165) is 28.2 Å². The molecule has 1 amide bonds. The lowest BCUT2D eigenvalue weighted by Gasteiger charge is -2.21. The van der Waals surface area contributed by atoms with Gasteiger partial charge < -0.3 is 14.8 Å². The van der Waals surface area contributed by atoms with Gasteiger partial charge in [-0.05, 0) is 47.9 Å². The molecule has 0 aromatic heterocycles. The quantitative estimate of drug-likeness (QED) is 0.740. The fourth-order valence-corrected chi connectivity index (χ4v) is 3.14. The summed E-state index contributed by atoms with van der Waals surface area (Å²) < 4.78 is 11.2. The van der Waals surface area contributed by atoms with Gasteiger partial charge in [-0.25, -0.2) is 0 Å². The number of ether oxygens (including phenoxy) is 2. The van der Waals surface area contributed by atoms with Gasteiger partial charge in [-0.1, -0.05) is 48.5 Å². The van der Waals surface area contributed by atoms with Crippen LogP contribution in [0.15, 0.2) is 72.8 Å². The van der Waals surface area contributed by atoms with Crippen molar-refractivity contribution in [1.29, 1.82) is 0 Å². The monoisotopic (exact) mass is 359 g/mol. The number of carbonyl (C=O) groups is 1. The summed E-state index contributed by atoms with van der Waals surface area (Å²) in [6.45, 7) is 3.07. The van der Waals surface area contributed by atoms with Gasteiger partial charge in [-0.2, -0.15) is 0 Å². The fraction of sp³-hybridized carbons (Fsp3) is 0.174. The van der Waals surface area contributed by atoms with Crippen molar-refractivity contribution in [3.8, 4) is 22.6 Å². The van der Waals surface area contributed by atoms with Crippen molar-refractivity contribution in [1.82, 2.24) is 5.32 Å². The first-order valence-corrected chi connectivity index (χ1v) is 9.06. The highest BCUT2D eigenvalue weighted by molar-refractivity contribution is 5.95. The minimum Gasteiger partial charge on any atom is -0.486 e. The molecule has 1 aliphatic heterocycles. The van der Waals surface area contributed by atoms with Gasteiger partial charge in [0.1, 0.15) is 13.2 Å². The average molecular weight is 359 g/mol. The van der Waals surface area contributed by atoms with Gasteiger partial charge in [0.05, 0.1) is 6.04 Å². The van der Waals surface area contributed by atoms with E-state index in [9.17, 15) is 4.79 Å². The van der Waals surface area contributed by atoms with Crippen molar-refractivity contribution in [3.63, 3.8) is 0 Å². The third-order valence-electron chi connectivity index (χ3n) is 4.67. The molecule has 27 heavy (non-hydrogen) atoms. The number of hydrogen-bond donors (Lipinski definition) is 1. The van der Waals surface area contributed by atoms with Crippen molar-refractivity contribution in [3.05, 3.63) is 83.9 Å². The first-order valence-electron chi connectivity index (χ1n) is 9.06. The van der Waals surface area contributed by atoms with E-state index in [2.05, 4.69) is 17.4 Å². The fourth-order valence-electron chi connectivity index (χ4n) is 3.14. The zero-order chi connectivity index (χ0) is 18.6. The number of amides is 1. The molecule has 0 bridgehead atoms. The van der Waals surface area contributed by atoms with Crippen LogP contribution < -0.4 is 14.8 Å². The molecule has 1 aliphatic rings. The number of rotatable bonds is 4. The molecule has 4 nitrogen and oxygen atoms in total. The first-order chi connectivity index (χ1) is 13.2. The highest BCUT2D eigenvalue weighted by atomic mass is 16.6. The molecule has 136 valence electrons. The molecule has 1 atom stereocenters. The molecule has 0 radical (unpaired) electrons. The van der Waals surface area contributed by atoms with E-state index in [4.69, 9.17) is 9.47 Å². The van der Waals surface area contributed by atoms with Gasteiger partial charge in [0, 0.05) is 5.56 Å². The van der Waals surface area contributed by atoms with Crippen molar-refractivity contribution >= 4 is 5.91 Å². The summed E-state index contributed by atoms with van der Waals surface area (Å²) in [7, 11) is 0. The Morgan fingerprint density at radius 2 is 1.52 bits per heavy atom. The second-order valence-electron chi connectivity index (χ2n) is 6.54. The van der Waals surface area contributed by atoms with Gasteiger partial charge in [0.25, 0.3) is 5.91 Å². The largest absolute Gasteiger partial charge is 0.486 e. The third kappa shape index (κ3) is 3.80. The average Bonchev–Trinajstić information content (AvgIpc) is 2.74.